The number of hydrogen-bond acceptors (Lipinski definition) is 4. The van der Waals surface area contributed by atoms with Crippen LogP contribution < -0.4 is 11.1 Å². The van der Waals surface area contributed by atoms with Crippen LogP contribution in [0.1, 0.15) is 21.1 Å². The maximum absolute atomic E-state index is 11.8. The number of hydrogen-bond donors (Lipinski definition) is 2. The molecule has 0 aliphatic carbocycles. The van der Waals surface area contributed by atoms with E-state index in [0.717, 1.165) is 17.0 Å². The van der Waals surface area contributed by atoms with E-state index in [1.54, 1.807) is 5.38 Å². The zero-order valence-corrected chi connectivity index (χ0v) is 11.8. The minimum absolute atomic E-state index is 0.162. The summed E-state index contributed by atoms with van der Waals surface area (Å²) in [5.41, 5.74) is 7.02. The van der Waals surface area contributed by atoms with Gasteiger partial charge in [-0.25, -0.2) is 4.98 Å². The molecule has 0 radical (unpaired) electrons. The summed E-state index contributed by atoms with van der Waals surface area (Å²) in [6.45, 7) is 0.929. The molecule has 0 bridgehead atoms. The lowest BCUT2D eigenvalue weighted by Crippen LogP contribution is -2.26. The van der Waals surface area contributed by atoms with Crippen molar-refractivity contribution in [3.8, 4) is 0 Å². The van der Waals surface area contributed by atoms with Gasteiger partial charge in [0.25, 0.3) is 5.91 Å². The van der Waals surface area contributed by atoms with Crippen LogP contribution in [0.2, 0.25) is 5.02 Å². The van der Waals surface area contributed by atoms with Crippen molar-refractivity contribution in [2.45, 2.75) is 13.0 Å². The van der Waals surface area contributed by atoms with Gasteiger partial charge >= 0.3 is 0 Å². The van der Waals surface area contributed by atoms with Gasteiger partial charge in [-0.15, -0.1) is 11.3 Å². The predicted octanol–water partition coefficient (Wildman–Crippen LogP) is 2.23. The second kappa shape index (κ2) is 6.65. The van der Waals surface area contributed by atoms with E-state index in [-0.39, 0.29) is 5.91 Å². The zero-order valence-electron chi connectivity index (χ0n) is 10.2. The van der Waals surface area contributed by atoms with E-state index in [4.69, 9.17) is 17.3 Å². The molecule has 3 N–H and O–H groups in total. The topological polar surface area (TPSA) is 68.0 Å². The molecule has 19 heavy (non-hydrogen) atoms. The lowest BCUT2D eigenvalue weighted by molar-refractivity contribution is 0.0949. The Kier molecular flexibility index (Phi) is 4.90. The molecule has 4 nitrogen and oxygen atoms in total. The Hall–Kier alpha value is -1.43. The van der Waals surface area contributed by atoms with Crippen LogP contribution >= 0.6 is 22.9 Å². The van der Waals surface area contributed by atoms with Crippen LogP contribution in [0.4, 0.5) is 0 Å². The molecule has 1 aromatic heterocycles. The van der Waals surface area contributed by atoms with Crippen molar-refractivity contribution in [2.75, 3.05) is 6.54 Å². The summed E-state index contributed by atoms with van der Waals surface area (Å²) in [4.78, 5) is 15.9. The Balaban J connectivity index is 1.82. The Morgan fingerprint density at radius 2 is 2.11 bits per heavy atom. The average molecular weight is 296 g/mol. The van der Waals surface area contributed by atoms with Crippen molar-refractivity contribution >= 4 is 28.8 Å². The molecule has 0 spiro atoms. The molecule has 0 unspecified atom stereocenters. The van der Waals surface area contributed by atoms with Crippen molar-refractivity contribution in [1.82, 2.24) is 10.3 Å². The van der Waals surface area contributed by atoms with E-state index in [1.165, 1.54) is 11.3 Å². The summed E-state index contributed by atoms with van der Waals surface area (Å²) < 4.78 is 0. The summed E-state index contributed by atoms with van der Waals surface area (Å²) >= 11 is 7.20. The smallest absolute Gasteiger partial charge is 0.270 e. The number of carbonyl (C=O) groups is 1. The molecule has 100 valence electrons. The molecular formula is C13H14ClN3OS. The zero-order chi connectivity index (χ0) is 13.7. The van der Waals surface area contributed by atoms with Crippen LogP contribution in [0.3, 0.4) is 0 Å². The number of benzene rings is 1. The summed E-state index contributed by atoms with van der Waals surface area (Å²) in [6, 6.07) is 7.58. The molecule has 2 rings (SSSR count). The van der Waals surface area contributed by atoms with Crippen LogP contribution in [-0.2, 0) is 13.0 Å². The molecule has 0 saturated carbocycles. The Morgan fingerprint density at radius 3 is 2.74 bits per heavy atom. The molecule has 0 atom stereocenters. The number of thiazole rings is 1. The van der Waals surface area contributed by atoms with Gasteiger partial charge in [-0.1, -0.05) is 23.7 Å². The summed E-state index contributed by atoms with van der Waals surface area (Å²) in [7, 11) is 0. The first-order chi connectivity index (χ1) is 9.19. The van der Waals surface area contributed by atoms with E-state index in [1.807, 2.05) is 24.3 Å². The van der Waals surface area contributed by atoms with Crippen molar-refractivity contribution in [2.24, 2.45) is 5.73 Å². The fraction of sp³-hybridized carbons (Fsp3) is 0.231. The normalized spacial score (nSPS) is 10.4. The van der Waals surface area contributed by atoms with Crippen molar-refractivity contribution in [3.05, 3.63) is 50.9 Å². The SMILES string of the molecule is NCc1nc(C(=O)NCCc2ccc(Cl)cc2)cs1. The summed E-state index contributed by atoms with van der Waals surface area (Å²) in [6.07, 6.45) is 0.761. The highest BCUT2D eigenvalue weighted by molar-refractivity contribution is 7.09. The number of nitrogens with two attached hydrogens (primary N) is 1. The highest BCUT2D eigenvalue weighted by Gasteiger charge is 2.09. The molecule has 1 amide bonds. The maximum Gasteiger partial charge on any atom is 0.270 e. The van der Waals surface area contributed by atoms with Crippen LogP contribution in [0, 0.1) is 0 Å². The highest BCUT2D eigenvalue weighted by Crippen LogP contribution is 2.10. The second-order valence-electron chi connectivity index (χ2n) is 3.96. The third-order valence-corrected chi connectivity index (χ3v) is 3.69. The molecule has 0 aliphatic heterocycles. The first-order valence-corrected chi connectivity index (χ1v) is 7.12. The van der Waals surface area contributed by atoms with Gasteiger partial charge in [0.05, 0.1) is 0 Å². The van der Waals surface area contributed by atoms with Gasteiger partial charge in [-0.2, -0.15) is 0 Å². The van der Waals surface area contributed by atoms with Crippen molar-refractivity contribution in [3.63, 3.8) is 0 Å². The number of aromatic nitrogens is 1. The van der Waals surface area contributed by atoms with Gasteiger partial charge in [-0.05, 0) is 24.1 Å². The van der Waals surface area contributed by atoms with Gasteiger partial charge in [-0.3, -0.25) is 4.79 Å². The van der Waals surface area contributed by atoms with Crippen LogP contribution in [0.15, 0.2) is 29.6 Å². The van der Waals surface area contributed by atoms with E-state index in [0.29, 0.717) is 23.8 Å². The summed E-state index contributed by atoms with van der Waals surface area (Å²) in [5.74, 6) is -0.162. The number of amides is 1. The van der Waals surface area contributed by atoms with E-state index < -0.39 is 0 Å². The van der Waals surface area contributed by atoms with Crippen molar-refractivity contribution in [1.29, 1.82) is 0 Å². The molecule has 2 aromatic rings. The van der Waals surface area contributed by atoms with Crippen molar-refractivity contribution < 1.29 is 4.79 Å². The van der Waals surface area contributed by atoms with E-state index >= 15 is 0 Å². The largest absolute Gasteiger partial charge is 0.350 e. The quantitative estimate of drug-likeness (QED) is 0.889. The molecule has 1 aromatic carbocycles. The van der Waals surface area contributed by atoms with Gasteiger partial charge in [0.1, 0.15) is 10.7 Å². The van der Waals surface area contributed by atoms with Gasteiger partial charge in [0.15, 0.2) is 0 Å². The van der Waals surface area contributed by atoms with E-state index in [2.05, 4.69) is 10.3 Å². The molecule has 1 heterocycles. The fourth-order valence-corrected chi connectivity index (χ4v) is 2.35. The number of nitrogens with one attached hydrogen (secondary N) is 1. The average Bonchev–Trinajstić information content (AvgIpc) is 2.90. The van der Waals surface area contributed by atoms with Gasteiger partial charge in [0.2, 0.25) is 0 Å². The Labute approximate surface area is 120 Å². The minimum atomic E-state index is -0.162. The fourth-order valence-electron chi connectivity index (χ4n) is 1.57. The Morgan fingerprint density at radius 1 is 1.37 bits per heavy atom. The molecule has 0 fully saturated rings. The summed E-state index contributed by atoms with van der Waals surface area (Å²) in [5, 5.41) is 6.03. The lowest BCUT2D eigenvalue weighted by Gasteiger charge is -2.03. The number of halogens is 1. The molecular weight excluding hydrogens is 282 g/mol. The minimum Gasteiger partial charge on any atom is -0.350 e. The highest BCUT2D eigenvalue weighted by atomic mass is 35.5. The molecule has 0 saturated heterocycles. The molecule has 6 heteroatoms. The number of carbonyl (C=O) groups excluding carboxylic acids is 1. The third kappa shape index (κ3) is 4.02. The molecule has 0 aliphatic rings. The first kappa shape index (κ1) is 14.0. The lowest BCUT2D eigenvalue weighted by atomic mass is 10.1. The number of rotatable bonds is 5. The van der Waals surface area contributed by atoms with Gasteiger partial charge in [0, 0.05) is 23.5 Å². The van der Waals surface area contributed by atoms with Gasteiger partial charge < -0.3 is 11.1 Å². The van der Waals surface area contributed by atoms with E-state index in [9.17, 15) is 4.79 Å². The number of nitrogens with zero attached hydrogens (tertiary/aromatic N) is 1. The first-order valence-electron chi connectivity index (χ1n) is 5.86. The van der Waals surface area contributed by atoms with Crippen LogP contribution in [0.25, 0.3) is 0 Å². The third-order valence-electron chi connectivity index (χ3n) is 2.57. The van der Waals surface area contributed by atoms with Crippen LogP contribution in [-0.4, -0.2) is 17.4 Å². The standard InChI is InChI=1S/C13H14ClN3OS/c14-10-3-1-9(2-4-10)5-6-16-13(18)11-8-19-12(7-15)17-11/h1-4,8H,5-7,15H2,(H,16,18). The van der Waals surface area contributed by atoms with Crippen LogP contribution in [0.5, 0.6) is 0 Å². The maximum atomic E-state index is 11.8. The second-order valence-corrected chi connectivity index (χ2v) is 5.34. The monoisotopic (exact) mass is 295 g/mol. The Bertz CT molecular complexity index is 553. The predicted molar refractivity (Wildman–Crippen MR) is 77.5 cm³/mol.